The van der Waals surface area contributed by atoms with Gasteiger partial charge >= 0.3 is 0 Å². The molecule has 0 atom stereocenters. The highest BCUT2D eigenvalue weighted by molar-refractivity contribution is 7.17. The topological polar surface area (TPSA) is 24.9 Å². The minimum Gasteiger partial charge on any atom is -0.380 e. The fourth-order valence-electron chi connectivity index (χ4n) is 2.84. The standard InChI is InChI=1S/C19H16N2S/c1-13-7-8-15(18-16(13)5-3-10-20-18)12-21-17-6-2-4-14-9-11-22-19(14)17/h2-11,21H,12H2,1H3. The summed E-state index contributed by atoms with van der Waals surface area (Å²) in [6.07, 6.45) is 1.87. The first-order chi connectivity index (χ1) is 10.8. The van der Waals surface area contributed by atoms with Crippen LogP contribution < -0.4 is 5.32 Å². The molecule has 0 aliphatic heterocycles. The zero-order chi connectivity index (χ0) is 14.9. The van der Waals surface area contributed by atoms with Gasteiger partial charge in [0.2, 0.25) is 0 Å². The Morgan fingerprint density at radius 1 is 1.05 bits per heavy atom. The Labute approximate surface area is 133 Å². The van der Waals surface area contributed by atoms with E-state index >= 15 is 0 Å². The molecule has 0 unspecified atom stereocenters. The van der Waals surface area contributed by atoms with Gasteiger partial charge in [-0.15, -0.1) is 11.3 Å². The smallest absolute Gasteiger partial charge is 0.0754 e. The number of anilines is 1. The number of rotatable bonds is 3. The summed E-state index contributed by atoms with van der Waals surface area (Å²) in [5.41, 5.74) is 4.78. The largest absolute Gasteiger partial charge is 0.380 e. The van der Waals surface area contributed by atoms with E-state index in [1.807, 2.05) is 12.3 Å². The van der Waals surface area contributed by atoms with Crippen molar-refractivity contribution in [1.82, 2.24) is 4.98 Å². The van der Waals surface area contributed by atoms with Gasteiger partial charge in [-0.3, -0.25) is 4.98 Å². The number of pyridine rings is 1. The molecule has 4 rings (SSSR count). The second kappa shape index (κ2) is 5.43. The molecule has 4 aromatic rings. The van der Waals surface area contributed by atoms with Crippen LogP contribution in [0.3, 0.4) is 0 Å². The third-order valence-corrected chi connectivity index (χ3v) is 4.98. The molecule has 0 saturated heterocycles. The Bertz CT molecular complexity index is 956. The highest BCUT2D eigenvalue weighted by Gasteiger charge is 2.06. The molecule has 3 heteroatoms. The summed E-state index contributed by atoms with van der Waals surface area (Å²) in [4.78, 5) is 4.57. The predicted molar refractivity (Wildman–Crippen MR) is 95.6 cm³/mol. The van der Waals surface area contributed by atoms with Crippen molar-refractivity contribution < 1.29 is 0 Å². The maximum Gasteiger partial charge on any atom is 0.0754 e. The SMILES string of the molecule is Cc1ccc(CNc2cccc3ccsc23)c2ncccc12. The molecule has 108 valence electrons. The summed E-state index contributed by atoms with van der Waals surface area (Å²) in [7, 11) is 0. The number of nitrogens with zero attached hydrogens (tertiary/aromatic N) is 1. The molecule has 2 aromatic carbocycles. The summed E-state index contributed by atoms with van der Waals surface area (Å²) >= 11 is 1.78. The van der Waals surface area contributed by atoms with Crippen molar-refractivity contribution >= 4 is 38.0 Å². The second-order valence-electron chi connectivity index (χ2n) is 5.44. The Morgan fingerprint density at radius 3 is 2.95 bits per heavy atom. The lowest BCUT2D eigenvalue weighted by atomic mass is 10.0. The maximum atomic E-state index is 4.57. The predicted octanol–water partition coefficient (Wildman–Crippen LogP) is 5.37. The number of hydrogen-bond donors (Lipinski definition) is 1. The van der Waals surface area contributed by atoms with Gasteiger partial charge < -0.3 is 5.32 Å². The van der Waals surface area contributed by atoms with Gasteiger partial charge in [-0.1, -0.05) is 30.3 Å². The number of benzene rings is 2. The van der Waals surface area contributed by atoms with Crippen LogP contribution in [0.25, 0.3) is 21.0 Å². The quantitative estimate of drug-likeness (QED) is 0.550. The normalized spacial score (nSPS) is 11.1. The number of fused-ring (bicyclic) bond motifs is 2. The molecule has 1 N–H and O–H groups in total. The lowest BCUT2D eigenvalue weighted by Gasteiger charge is -2.11. The fourth-order valence-corrected chi connectivity index (χ4v) is 3.73. The van der Waals surface area contributed by atoms with Crippen LogP contribution in [0.2, 0.25) is 0 Å². The Hall–Kier alpha value is -2.39. The van der Waals surface area contributed by atoms with Crippen molar-refractivity contribution in [3.05, 3.63) is 71.2 Å². The fraction of sp³-hybridized carbons (Fsp3) is 0.105. The van der Waals surface area contributed by atoms with Crippen LogP contribution in [0.1, 0.15) is 11.1 Å². The molecule has 2 heterocycles. The van der Waals surface area contributed by atoms with E-state index in [4.69, 9.17) is 0 Å². The second-order valence-corrected chi connectivity index (χ2v) is 6.36. The van der Waals surface area contributed by atoms with Gasteiger partial charge in [0.1, 0.15) is 0 Å². The first-order valence-electron chi connectivity index (χ1n) is 7.36. The summed E-state index contributed by atoms with van der Waals surface area (Å²) in [6.45, 7) is 2.92. The van der Waals surface area contributed by atoms with E-state index in [1.54, 1.807) is 11.3 Å². The van der Waals surface area contributed by atoms with E-state index in [9.17, 15) is 0 Å². The molecule has 0 fully saturated rings. The third-order valence-electron chi connectivity index (χ3n) is 4.02. The molecule has 2 nitrogen and oxygen atoms in total. The van der Waals surface area contributed by atoms with Crippen LogP contribution in [-0.4, -0.2) is 4.98 Å². The monoisotopic (exact) mass is 304 g/mol. The van der Waals surface area contributed by atoms with Crippen LogP contribution in [-0.2, 0) is 6.54 Å². The zero-order valence-electron chi connectivity index (χ0n) is 12.3. The lowest BCUT2D eigenvalue weighted by molar-refractivity contribution is 1.16. The van der Waals surface area contributed by atoms with Crippen LogP contribution in [0.5, 0.6) is 0 Å². The molecule has 0 saturated carbocycles. The van der Waals surface area contributed by atoms with E-state index in [-0.39, 0.29) is 0 Å². The van der Waals surface area contributed by atoms with Crippen molar-refractivity contribution in [2.75, 3.05) is 5.32 Å². The van der Waals surface area contributed by atoms with Crippen molar-refractivity contribution in [2.24, 2.45) is 0 Å². The van der Waals surface area contributed by atoms with Gasteiger partial charge in [-0.05, 0) is 47.0 Å². The van der Waals surface area contributed by atoms with Crippen LogP contribution in [0, 0.1) is 6.92 Å². The molecule has 22 heavy (non-hydrogen) atoms. The van der Waals surface area contributed by atoms with Gasteiger partial charge in [0.15, 0.2) is 0 Å². The van der Waals surface area contributed by atoms with Gasteiger partial charge in [-0.2, -0.15) is 0 Å². The summed E-state index contributed by atoms with van der Waals surface area (Å²) < 4.78 is 1.31. The third kappa shape index (κ3) is 2.24. The number of hydrogen-bond acceptors (Lipinski definition) is 3. The van der Waals surface area contributed by atoms with E-state index in [2.05, 4.69) is 65.1 Å². The summed E-state index contributed by atoms with van der Waals surface area (Å²) in [5, 5.41) is 8.24. The molecule has 0 aliphatic rings. The van der Waals surface area contributed by atoms with Crippen LogP contribution in [0.4, 0.5) is 5.69 Å². The minimum atomic E-state index is 0.783. The van der Waals surface area contributed by atoms with Crippen LogP contribution in [0.15, 0.2) is 60.1 Å². The number of thiophene rings is 1. The van der Waals surface area contributed by atoms with E-state index in [1.165, 1.54) is 32.3 Å². The number of aryl methyl sites for hydroxylation is 1. The number of nitrogens with one attached hydrogen (secondary N) is 1. The van der Waals surface area contributed by atoms with Crippen LogP contribution >= 0.6 is 11.3 Å². The first kappa shape index (κ1) is 13.3. The first-order valence-corrected chi connectivity index (χ1v) is 8.24. The zero-order valence-corrected chi connectivity index (χ0v) is 13.2. The number of aromatic nitrogens is 1. The van der Waals surface area contributed by atoms with Crippen molar-refractivity contribution in [2.45, 2.75) is 13.5 Å². The average molecular weight is 304 g/mol. The molecule has 0 radical (unpaired) electrons. The Kier molecular flexibility index (Phi) is 3.28. The molecule has 0 aliphatic carbocycles. The van der Waals surface area contributed by atoms with Gasteiger partial charge in [0, 0.05) is 18.1 Å². The van der Waals surface area contributed by atoms with Gasteiger partial charge in [0.25, 0.3) is 0 Å². The Balaban J connectivity index is 1.70. The molecular weight excluding hydrogens is 288 g/mol. The molecule has 0 bridgehead atoms. The van der Waals surface area contributed by atoms with Gasteiger partial charge in [0.05, 0.1) is 15.9 Å². The Morgan fingerprint density at radius 2 is 2.00 bits per heavy atom. The highest BCUT2D eigenvalue weighted by atomic mass is 32.1. The van der Waals surface area contributed by atoms with E-state index in [0.29, 0.717) is 0 Å². The molecule has 2 aromatic heterocycles. The van der Waals surface area contributed by atoms with Gasteiger partial charge in [-0.25, -0.2) is 0 Å². The lowest BCUT2D eigenvalue weighted by Crippen LogP contribution is -2.01. The highest BCUT2D eigenvalue weighted by Crippen LogP contribution is 2.29. The summed E-state index contributed by atoms with van der Waals surface area (Å²) in [6, 6.07) is 17.0. The van der Waals surface area contributed by atoms with E-state index < -0.39 is 0 Å². The maximum absolute atomic E-state index is 4.57. The minimum absolute atomic E-state index is 0.783. The van der Waals surface area contributed by atoms with E-state index in [0.717, 1.165) is 12.1 Å². The molecule has 0 amide bonds. The van der Waals surface area contributed by atoms with Crippen molar-refractivity contribution in [3.8, 4) is 0 Å². The summed E-state index contributed by atoms with van der Waals surface area (Å²) in [5.74, 6) is 0. The molecular formula is C19H16N2S. The van der Waals surface area contributed by atoms with Crippen molar-refractivity contribution in [3.63, 3.8) is 0 Å². The average Bonchev–Trinajstić information content (AvgIpc) is 3.04. The van der Waals surface area contributed by atoms with Crippen molar-refractivity contribution in [1.29, 1.82) is 0 Å². The molecule has 0 spiro atoms.